The van der Waals surface area contributed by atoms with E-state index < -0.39 is 4.92 Å². The summed E-state index contributed by atoms with van der Waals surface area (Å²) >= 11 is 2.16. The molecule has 1 aromatic heterocycles. The first-order valence-corrected chi connectivity index (χ1v) is 7.00. The molecule has 0 radical (unpaired) electrons. The summed E-state index contributed by atoms with van der Waals surface area (Å²) in [5.74, 6) is 1.20. The lowest BCUT2D eigenvalue weighted by Crippen LogP contribution is -2.01. The average molecular weight is 385 g/mol. The van der Waals surface area contributed by atoms with Crippen LogP contribution in [0.25, 0.3) is 0 Å². The van der Waals surface area contributed by atoms with Crippen LogP contribution in [-0.4, -0.2) is 16.5 Å². The van der Waals surface area contributed by atoms with Crippen LogP contribution in [0.5, 0.6) is 11.6 Å². The molecule has 7 heteroatoms. The molecule has 1 heterocycles. The van der Waals surface area contributed by atoms with Gasteiger partial charge in [0.25, 0.3) is 5.69 Å². The van der Waals surface area contributed by atoms with Crippen molar-refractivity contribution in [3.05, 3.63) is 50.1 Å². The van der Waals surface area contributed by atoms with E-state index in [-0.39, 0.29) is 11.6 Å². The second-order valence-electron chi connectivity index (χ2n) is 3.90. The molecule has 0 aliphatic rings. The average Bonchev–Trinajstić information content (AvgIpc) is 2.38. The van der Waals surface area contributed by atoms with Gasteiger partial charge in [-0.25, -0.2) is 0 Å². The van der Waals surface area contributed by atoms with Gasteiger partial charge in [-0.1, -0.05) is 6.07 Å². The van der Waals surface area contributed by atoms with Crippen molar-refractivity contribution in [1.29, 1.82) is 0 Å². The minimum Gasteiger partial charge on any atom is -0.439 e. The molecule has 0 fully saturated rings. The molecule has 0 saturated carbocycles. The van der Waals surface area contributed by atoms with Crippen molar-refractivity contribution in [1.82, 2.24) is 4.98 Å². The van der Waals surface area contributed by atoms with Crippen LogP contribution in [0.4, 0.5) is 11.5 Å². The van der Waals surface area contributed by atoms with Crippen LogP contribution in [0.3, 0.4) is 0 Å². The highest BCUT2D eigenvalue weighted by Crippen LogP contribution is 2.27. The second-order valence-corrected chi connectivity index (χ2v) is 5.14. The van der Waals surface area contributed by atoms with Gasteiger partial charge >= 0.3 is 0 Å². The number of nitrogens with one attached hydrogen (secondary N) is 1. The third-order valence-corrected chi connectivity index (χ3v) is 3.04. The van der Waals surface area contributed by atoms with Crippen LogP contribution in [0, 0.1) is 13.7 Å². The van der Waals surface area contributed by atoms with Gasteiger partial charge in [-0.2, -0.15) is 4.98 Å². The zero-order valence-electron chi connectivity index (χ0n) is 10.7. The molecule has 0 amide bonds. The molecule has 0 aliphatic carbocycles. The van der Waals surface area contributed by atoms with E-state index in [1.807, 2.05) is 25.1 Å². The van der Waals surface area contributed by atoms with Crippen LogP contribution in [0.15, 0.2) is 36.4 Å². The molecule has 0 bridgehead atoms. The smallest absolute Gasteiger partial charge is 0.278 e. The van der Waals surface area contributed by atoms with E-state index in [0.29, 0.717) is 18.1 Å². The molecule has 2 rings (SSSR count). The lowest BCUT2D eigenvalue weighted by atomic mass is 10.3. The zero-order chi connectivity index (χ0) is 14.5. The maximum absolute atomic E-state index is 10.9. The first kappa shape index (κ1) is 14.5. The minimum atomic E-state index is -0.468. The first-order chi connectivity index (χ1) is 9.58. The number of anilines is 1. The van der Waals surface area contributed by atoms with E-state index in [1.165, 1.54) is 12.1 Å². The van der Waals surface area contributed by atoms with Crippen LogP contribution < -0.4 is 10.1 Å². The molecule has 2 aromatic rings. The number of rotatable bonds is 5. The molecule has 0 atom stereocenters. The van der Waals surface area contributed by atoms with Crippen LogP contribution in [0.2, 0.25) is 0 Å². The molecule has 1 aromatic carbocycles. The van der Waals surface area contributed by atoms with Gasteiger partial charge in [-0.3, -0.25) is 10.1 Å². The number of aromatic nitrogens is 1. The van der Waals surface area contributed by atoms with E-state index >= 15 is 0 Å². The lowest BCUT2D eigenvalue weighted by molar-refractivity contribution is -0.384. The Morgan fingerprint density at radius 1 is 1.40 bits per heavy atom. The summed E-state index contributed by atoms with van der Waals surface area (Å²) in [7, 11) is 0. The maximum Gasteiger partial charge on any atom is 0.278 e. The van der Waals surface area contributed by atoms with Crippen molar-refractivity contribution >= 4 is 34.1 Å². The van der Waals surface area contributed by atoms with Crippen molar-refractivity contribution in [3.8, 4) is 11.6 Å². The number of nitrogens with zero attached hydrogens (tertiary/aromatic N) is 2. The summed E-state index contributed by atoms with van der Waals surface area (Å²) in [6, 6.07) is 10.1. The highest BCUT2D eigenvalue weighted by atomic mass is 127. The van der Waals surface area contributed by atoms with Gasteiger partial charge < -0.3 is 10.1 Å². The fourth-order valence-electron chi connectivity index (χ4n) is 1.57. The highest BCUT2D eigenvalue weighted by molar-refractivity contribution is 14.1. The van der Waals surface area contributed by atoms with Crippen molar-refractivity contribution in [2.75, 3.05) is 11.9 Å². The Balaban J connectivity index is 2.32. The predicted molar refractivity (Wildman–Crippen MR) is 84.3 cm³/mol. The van der Waals surface area contributed by atoms with E-state index in [9.17, 15) is 10.1 Å². The number of hydrogen-bond acceptors (Lipinski definition) is 5. The molecule has 104 valence electrons. The van der Waals surface area contributed by atoms with Crippen molar-refractivity contribution in [2.24, 2.45) is 0 Å². The predicted octanol–water partition coefficient (Wildman–Crippen LogP) is 3.82. The Morgan fingerprint density at radius 2 is 2.20 bits per heavy atom. The zero-order valence-corrected chi connectivity index (χ0v) is 12.8. The summed E-state index contributed by atoms with van der Waals surface area (Å²) in [4.78, 5) is 14.6. The quantitative estimate of drug-likeness (QED) is 0.481. The SMILES string of the molecule is CCNc1cc([N+](=O)[O-])cc(Oc2cccc(I)c2)n1. The van der Waals surface area contributed by atoms with Gasteiger partial charge in [-0.05, 0) is 47.7 Å². The summed E-state index contributed by atoms with van der Waals surface area (Å²) in [5, 5.41) is 13.9. The monoisotopic (exact) mass is 385 g/mol. The Morgan fingerprint density at radius 3 is 2.85 bits per heavy atom. The normalized spacial score (nSPS) is 10.1. The summed E-state index contributed by atoms with van der Waals surface area (Å²) < 4.78 is 6.59. The number of pyridine rings is 1. The minimum absolute atomic E-state index is 0.0587. The lowest BCUT2D eigenvalue weighted by Gasteiger charge is -2.08. The second kappa shape index (κ2) is 6.51. The molecule has 1 N–H and O–H groups in total. The van der Waals surface area contributed by atoms with Crippen LogP contribution in [0.1, 0.15) is 6.92 Å². The third kappa shape index (κ3) is 3.80. The molecule has 6 nitrogen and oxygen atoms in total. The Kier molecular flexibility index (Phi) is 4.72. The number of halogens is 1. The largest absolute Gasteiger partial charge is 0.439 e. The molecule has 0 saturated heterocycles. The fraction of sp³-hybridized carbons (Fsp3) is 0.154. The van der Waals surface area contributed by atoms with E-state index in [0.717, 1.165) is 3.57 Å². The van der Waals surface area contributed by atoms with Crippen molar-refractivity contribution < 1.29 is 9.66 Å². The number of hydrogen-bond donors (Lipinski definition) is 1. The van der Waals surface area contributed by atoms with E-state index in [4.69, 9.17) is 4.74 Å². The van der Waals surface area contributed by atoms with E-state index in [1.54, 1.807) is 6.07 Å². The van der Waals surface area contributed by atoms with Gasteiger partial charge in [-0.15, -0.1) is 0 Å². The summed E-state index contributed by atoms with van der Waals surface area (Å²) in [5.41, 5.74) is -0.0587. The van der Waals surface area contributed by atoms with Gasteiger partial charge in [0.2, 0.25) is 5.88 Å². The summed E-state index contributed by atoms with van der Waals surface area (Å²) in [6.07, 6.45) is 0. The maximum atomic E-state index is 10.9. The molecule has 0 unspecified atom stereocenters. The van der Waals surface area contributed by atoms with Crippen LogP contribution >= 0.6 is 22.6 Å². The topological polar surface area (TPSA) is 77.3 Å². The fourth-order valence-corrected chi connectivity index (χ4v) is 2.09. The molecular weight excluding hydrogens is 373 g/mol. The number of ether oxygens (including phenoxy) is 1. The molecule has 20 heavy (non-hydrogen) atoms. The first-order valence-electron chi connectivity index (χ1n) is 5.92. The highest BCUT2D eigenvalue weighted by Gasteiger charge is 2.12. The Hall–Kier alpha value is -1.90. The number of benzene rings is 1. The van der Waals surface area contributed by atoms with Crippen LogP contribution in [-0.2, 0) is 0 Å². The van der Waals surface area contributed by atoms with Crippen molar-refractivity contribution in [2.45, 2.75) is 6.92 Å². The standard InChI is InChI=1S/C13H12IN3O3/c1-2-15-12-7-10(17(18)19)8-13(16-12)20-11-5-3-4-9(14)6-11/h3-8H,2H2,1H3,(H,15,16). The Bertz CT molecular complexity index is 634. The van der Waals surface area contributed by atoms with Gasteiger partial charge in [0.05, 0.1) is 17.1 Å². The Labute approximate surface area is 129 Å². The van der Waals surface area contributed by atoms with Gasteiger partial charge in [0.15, 0.2) is 0 Å². The molecule has 0 spiro atoms. The molecular formula is C13H12IN3O3. The third-order valence-electron chi connectivity index (χ3n) is 2.37. The van der Waals surface area contributed by atoms with Crippen molar-refractivity contribution in [3.63, 3.8) is 0 Å². The summed E-state index contributed by atoms with van der Waals surface area (Å²) in [6.45, 7) is 2.51. The van der Waals surface area contributed by atoms with Gasteiger partial charge in [0.1, 0.15) is 11.6 Å². The number of nitro groups is 1. The van der Waals surface area contributed by atoms with Gasteiger partial charge in [0, 0.05) is 10.1 Å². The van der Waals surface area contributed by atoms with E-state index in [2.05, 4.69) is 32.9 Å². The molecule has 0 aliphatic heterocycles.